The van der Waals surface area contributed by atoms with Gasteiger partial charge in [-0.1, -0.05) is 12.1 Å². The van der Waals surface area contributed by atoms with E-state index in [1.165, 1.54) is 15.3 Å². The average Bonchev–Trinajstić information content (AvgIpc) is 3.41. The maximum Gasteiger partial charge on any atom is 0.213 e. The third kappa shape index (κ3) is 5.23. The van der Waals surface area contributed by atoms with Gasteiger partial charge >= 0.3 is 0 Å². The molecule has 0 unspecified atom stereocenters. The lowest BCUT2D eigenvalue weighted by molar-refractivity contribution is -0.112. The van der Waals surface area contributed by atoms with Gasteiger partial charge in [-0.05, 0) is 37.8 Å². The number of likely N-dealkylation sites (tertiary alicyclic amines) is 1. The lowest BCUT2D eigenvalue weighted by Crippen LogP contribution is -2.50. The van der Waals surface area contributed by atoms with E-state index in [2.05, 4.69) is 39.8 Å². The van der Waals surface area contributed by atoms with Gasteiger partial charge < -0.3 is 9.84 Å². The number of hydrogen-bond acceptors (Lipinski definition) is 8. The Labute approximate surface area is 193 Å². The minimum absolute atomic E-state index is 0.0234. The van der Waals surface area contributed by atoms with Crippen LogP contribution in [0.2, 0.25) is 0 Å². The number of rotatable bonds is 9. The molecule has 4 heterocycles. The first-order chi connectivity index (χ1) is 15.3. The van der Waals surface area contributed by atoms with Crippen LogP contribution in [0.25, 0.3) is 0 Å². The molecule has 0 radical (unpaired) electrons. The van der Waals surface area contributed by atoms with Crippen molar-refractivity contribution in [2.75, 3.05) is 32.1 Å². The van der Waals surface area contributed by atoms with Gasteiger partial charge in [-0.25, -0.2) is 13.1 Å². The predicted molar refractivity (Wildman–Crippen MR) is 123 cm³/mol. The molecule has 32 heavy (non-hydrogen) atoms. The van der Waals surface area contributed by atoms with E-state index in [1.807, 2.05) is 17.5 Å². The van der Waals surface area contributed by atoms with Gasteiger partial charge in [0.25, 0.3) is 0 Å². The number of hydrogen-bond donors (Lipinski definition) is 2. The highest BCUT2D eigenvalue weighted by molar-refractivity contribution is 7.89. The molecule has 0 bridgehead atoms. The maximum atomic E-state index is 11.9. The Morgan fingerprint density at radius 3 is 3.03 bits per heavy atom. The summed E-state index contributed by atoms with van der Waals surface area (Å²) in [7, 11) is -3.43. The molecule has 0 saturated carbocycles. The van der Waals surface area contributed by atoms with E-state index in [0.717, 1.165) is 44.5 Å². The molecule has 178 valence electrons. The second-order valence-corrected chi connectivity index (χ2v) is 11.8. The first kappa shape index (κ1) is 23.8. The number of aromatic nitrogens is 3. The van der Waals surface area contributed by atoms with Gasteiger partial charge in [-0.2, -0.15) is 0 Å². The Morgan fingerprint density at radius 1 is 1.44 bits per heavy atom. The summed E-state index contributed by atoms with van der Waals surface area (Å²) < 4.78 is 34.1. The van der Waals surface area contributed by atoms with E-state index in [4.69, 9.17) is 9.84 Å². The fraction of sp³-hybridized carbons (Fsp3) is 0.714. The number of nitrogens with one attached hydrogen (secondary N) is 1. The predicted octanol–water partition coefficient (Wildman–Crippen LogP) is 1.27. The maximum absolute atomic E-state index is 11.9. The summed E-state index contributed by atoms with van der Waals surface area (Å²) >= 11 is 1.95. The summed E-state index contributed by atoms with van der Waals surface area (Å²) in [6.45, 7) is 6.89. The molecule has 1 fully saturated rings. The highest BCUT2D eigenvalue weighted by Gasteiger charge is 2.44. The lowest BCUT2D eigenvalue weighted by atomic mass is 9.79. The molecule has 2 aromatic rings. The standard InChI is InChI=1S/C21H33N5O4S2/c1-3-18-12-19-20(31-18)4-10-30-21(19)5-7-25(16(2)13-21)14-17-15-26(24-23-17)8-11-32(28,29)22-6-9-27/h12,15-16,22,27H,3-11,13-14H2,1-2H3/t16-,21+/m0/s1. The van der Waals surface area contributed by atoms with Crippen molar-refractivity contribution in [3.8, 4) is 0 Å². The second-order valence-electron chi connectivity index (χ2n) is 8.68. The molecule has 0 amide bonds. The van der Waals surface area contributed by atoms with E-state index < -0.39 is 10.0 Å². The van der Waals surface area contributed by atoms with Crippen LogP contribution in [0.4, 0.5) is 0 Å². The smallest absolute Gasteiger partial charge is 0.213 e. The second kappa shape index (κ2) is 9.86. The largest absolute Gasteiger partial charge is 0.395 e. The van der Waals surface area contributed by atoms with Crippen molar-refractivity contribution in [1.82, 2.24) is 24.6 Å². The van der Waals surface area contributed by atoms with Crippen LogP contribution in [-0.2, 0) is 46.3 Å². The van der Waals surface area contributed by atoms with Gasteiger partial charge in [-0.3, -0.25) is 9.58 Å². The summed E-state index contributed by atoms with van der Waals surface area (Å²) in [6, 6.07) is 2.71. The molecule has 9 nitrogen and oxygen atoms in total. The van der Waals surface area contributed by atoms with Gasteiger partial charge in [0, 0.05) is 48.0 Å². The summed E-state index contributed by atoms with van der Waals surface area (Å²) in [5.74, 6) is -0.0987. The number of sulfonamides is 1. The number of fused-ring (bicyclic) bond motifs is 2. The molecule has 11 heteroatoms. The molecule has 2 N–H and O–H groups in total. The fourth-order valence-electron chi connectivity index (χ4n) is 4.73. The van der Waals surface area contributed by atoms with Gasteiger partial charge in [0.2, 0.25) is 10.0 Å². The molecule has 0 aromatic carbocycles. The molecule has 1 saturated heterocycles. The van der Waals surface area contributed by atoms with E-state index in [1.54, 1.807) is 4.68 Å². The number of aliphatic hydroxyl groups is 1. The van der Waals surface area contributed by atoms with Crippen molar-refractivity contribution in [2.24, 2.45) is 0 Å². The Kier molecular flexibility index (Phi) is 7.33. The molecule has 2 aromatic heterocycles. The first-order valence-electron chi connectivity index (χ1n) is 11.3. The lowest BCUT2D eigenvalue weighted by Gasteiger charge is -2.47. The monoisotopic (exact) mass is 483 g/mol. The molecule has 2 aliphatic rings. The third-order valence-electron chi connectivity index (χ3n) is 6.43. The zero-order chi connectivity index (χ0) is 22.8. The highest BCUT2D eigenvalue weighted by atomic mass is 32.2. The number of ether oxygens (including phenoxy) is 1. The normalized spacial score (nSPS) is 24.2. The summed E-state index contributed by atoms with van der Waals surface area (Å²) in [4.78, 5) is 5.35. The highest BCUT2D eigenvalue weighted by Crippen LogP contribution is 2.46. The van der Waals surface area contributed by atoms with Gasteiger partial charge in [0.05, 0.1) is 36.8 Å². The number of aryl methyl sites for hydroxylation is 2. The van der Waals surface area contributed by atoms with Crippen LogP contribution in [0.5, 0.6) is 0 Å². The zero-order valence-electron chi connectivity index (χ0n) is 18.8. The fourth-order valence-corrected chi connectivity index (χ4v) is 6.88. The van der Waals surface area contributed by atoms with E-state index in [0.29, 0.717) is 12.6 Å². The molecule has 0 aliphatic carbocycles. The van der Waals surface area contributed by atoms with Crippen molar-refractivity contribution in [3.05, 3.63) is 33.3 Å². The van der Waals surface area contributed by atoms with E-state index >= 15 is 0 Å². The van der Waals surface area contributed by atoms with Crippen molar-refractivity contribution in [3.63, 3.8) is 0 Å². The molecule has 2 aliphatic heterocycles. The Bertz CT molecular complexity index is 1020. The van der Waals surface area contributed by atoms with E-state index in [9.17, 15) is 8.42 Å². The summed E-state index contributed by atoms with van der Waals surface area (Å²) in [5.41, 5.74) is 2.09. The first-order valence-corrected chi connectivity index (χ1v) is 13.8. The van der Waals surface area contributed by atoms with Crippen LogP contribution < -0.4 is 4.72 Å². The Hall–Kier alpha value is -1.37. The quantitative estimate of drug-likeness (QED) is 0.553. The SMILES string of the molecule is CCc1cc2c(s1)CCO[C@@]21CCN(Cc2cn(CCS(=O)(=O)NCCO)nn2)[C@@H](C)C1. The van der Waals surface area contributed by atoms with Crippen molar-refractivity contribution in [1.29, 1.82) is 0 Å². The van der Waals surface area contributed by atoms with E-state index in [-0.39, 0.29) is 31.1 Å². The Morgan fingerprint density at radius 2 is 2.28 bits per heavy atom. The van der Waals surface area contributed by atoms with Crippen LogP contribution in [0.15, 0.2) is 12.3 Å². The molecule has 1 spiro atoms. The minimum atomic E-state index is -3.43. The van der Waals surface area contributed by atoms with Crippen molar-refractivity contribution in [2.45, 2.75) is 64.3 Å². The zero-order valence-corrected chi connectivity index (χ0v) is 20.4. The summed E-state index contributed by atoms with van der Waals surface area (Å²) in [6.07, 6.45) is 5.84. The van der Waals surface area contributed by atoms with Crippen LogP contribution in [-0.4, -0.2) is 71.5 Å². The number of piperidine rings is 1. The number of aliphatic hydroxyl groups excluding tert-OH is 1. The number of thiophene rings is 1. The molecular weight excluding hydrogens is 450 g/mol. The van der Waals surface area contributed by atoms with Crippen molar-refractivity contribution < 1.29 is 18.3 Å². The third-order valence-corrected chi connectivity index (χ3v) is 9.14. The van der Waals surface area contributed by atoms with Gasteiger partial charge in [0.15, 0.2) is 0 Å². The molecule has 2 atom stereocenters. The van der Waals surface area contributed by atoms with Crippen LogP contribution in [0.3, 0.4) is 0 Å². The van der Waals surface area contributed by atoms with Crippen LogP contribution in [0, 0.1) is 0 Å². The summed E-state index contributed by atoms with van der Waals surface area (Å²) in [5, 5.41) is 17.1. The minimum Gasteiger partial charge on any atom is -0.395 e. The van der Waals surface area contributed by atoms with Gasteiger partial charge in [-0.15, -0.1) is 16.4 Å². The average molecular weight is 484 g/mol. The molecular formula is C21H33N5O4S2. The molecule has 4 rings (SSSR count). The van der Waals surface area contributed by atoms with Crippen LogP contribution in [0.1, 0.15) is 47.7 Å². The van der Waals surface area contributed by atoms with Crippen LogP contribution >= 0.6 is 11.3 Å². The van der Waals surface area contributed by atoms with Gasteiger partial charge in [0.1, 0.15) is 0 Å². The topological polar surface area (TPSA) is 110 Å². The Balaban J connectivity index is 1.35. The van der Waals surface area contributed by atoms with Crippen molar-refractivity contribution >= 4 is 21.4 Å². The number of nitrogens with zero attached hydrogens (tertiary/aromatic N) is 4.